The van der Waals surface area contributed by atoms with E-state index in [0.717, 1.165) is 19.5 Å². The van der Waals surface area contributed by atoms with Gasteiger partial charge in [-0.3, -0.25) is 0 Å². The van der Waals surface area contributed by atoms with Crippen LogP contribution in [0.5, 0.6) is 0 Å². The van der Waals surface area contributed by atoms with E-state index in [4.69, 9.17) is 5.73 Å². The Labute approximate surface area is 121 Å². The van der Waals surface area contributed by atoms with E-state index in [1.807, 2.05) is 6.07 Å². The van der Waals surface area contributed by atoms with Crippen molar-refractivity contribution >= 4 is 15.5 Å². The van der Waals surface area contributed by atoms with Crippen molar-refractivity contribution in [2.75, 3.05) is 36.0 Å². The second-order valence-electron chi connectivity index (χ2n) is 5.37. The maximum atomic E-state index is 11.6. The van der Waals surface area contributed by atoms with Gasteiger partial charge in [0.15, 0.2) is 0 Å². The van der Waals surface area contributed by atoms with Crippen LogP contribution in [0.3, 0.4) is 0 Å². The Morgan fingerprint density at radius 2 is 2.10 bits per heavy atom. The zero-order valence-corrected chi connectivity index (χ0v) is 12.9. The highest BCUT2D eigenvalue weighted by Gasteiger charge is 2.27. The van der Waals surface area contributed by atoms with Gasteiger partial charge in [-0.25, -0.2) is 8.42 Å². The van der Waals surface area contributed by atoms with Crippen molar-refractivity contribution in [3.63, 3.8) is 0 Å². The van der Waals surface area contributed by atoms with Gasteiger partial charge in [0.25, 0.3) is 0 Å². The Bertz CT molecular complexity index is 543. The molecule has 1 aromatic rings. The lowest BCUT2D eigenvalue weighted by atomic mass is 9.98. The highest BCUT2D eigenvalue weighted by molar-refractivity contribution is 7.91. The standard InChI is InChI=1S/C15H24N2O2S/c1-2-20(18,19)11-5-10-17-12-13(8-9-16)14-6-3-4-7-15(14)17/h3-4,6-7,13H,2,5,8-12,16H2,1H3. The van der Waals surface area contributed by atoms with Gasteiger partial charge in [0.05, 0.1) is 5.75 Å². The van der Waals surface area contributed by atoms with Crippen LogP contribution >= 0.6 is 0 Å². The summed E-state index contributed by atoms with van der Waals surface area (Å²) in [5.74, 6) is 1.00. The summed E-state index contributed by atoms with van der Waals surface area (Å²) < 4.78 is 23.1. The van der Waals surface area contributed by atoms with Crippen LogP contribution in [-0.2, 0) is 9.84 Å². The molecule has 0 aromatic heterocycles. The molecule has 1 aromatic carbocycles. The first kappa shape index (κ1) is 15.3. The molecule has 1 aliphatic rings. The van der Waals surface area contributed by atoms with Crippen LogP contribution in [0.2, 0.25) is 0 Å². The fourth-order valence-corrected chi connectivity index (χ4v) is 3.72. The molecule has 4 nitrogen and oxygen atoms in total. The predicted octanol–water partition coefficient (Wildman–Crippen LogP) is 1.76. The monoisotopic (exact) mass is 296 g/mol. The van der Waals surface area contributed by atoms with E-state index in [9.17, 15) is 8.42 Å². The Morgan fingerprint density at radius 3 is 2.80 bits per heavy atom. The summed E-state index contributed by atoms with van der Waals surface area (Å²) >= 11 is 0. The number of fused-ring (bicyclic) bond motifs is 1. The smallest absolute Gasteiger partial charge is 0.150 e. The summed E-state index contributed by atoms with van der Waals surface area (Å²) in [6, 6.07) is 8.39. The largest absolute Gasteiger partial charge is 0.371 e. The second kappa shape index (κ2) is 6.59. The van der Waals surface area contributed by atoms with Crippen molar-refractivity contribution in [1.29, 1.82) is 0 Å². The Kier molecular flexibility index (Phi) is 5.05. The summed E-state index contributed by atoms with van der Waals surface area (Å²) in [5.41, 5.74) is 8.30. The highest BCUT2D eigenvalue weighted by Crippen LogP contribution is 2.37. The van der Waals surface area contributed by atoms with Gasteiger partial charge in [0, 0.05) is 30.4 Å². The number of nitrogens with two attached hydrogens (primary N) is 1. The van der Waals surface area contributed by atoms with Crippen LogP contribution in [0.15, 0.2) is 24.3 Å². The minimum absolute atomic E-state index is 0.236. The third-order valence-corrected chi connectivity index (χ3v) is 5.79. The predicted molar refractivity (Wildman–Crippen MR) is 84.0 cm³/mol. The van der Waals surface area contributed by atoms with Crippen molar-refractivity contribution < 1.29 is 8.42 Å². The number of benzene rings is 1. The maximum Gasteiger partial charge on any atom is 0.150 e. The minimum Gasteiger partial charge on any atom is -0.371 e. The van der Waals surface area contributed by atoms with E-state index in [-0.39, 0.29) is 11.5 Å². The average molecular weight is 296 g/mol. The van der Waals surface area contributed by atoms with Crippen molar-refractivity contribution in [3.8, 4) is 0 Å². The number of hydrogen-bond donors (Lipinski definition) is 1. The second-order valence-corrected chi connectivity index (χ2v) is 7.84. The van der Waals surface area contributed by atoms with Gasteiger partial charge in [-0.2, -0.15) is 0 Å². The number of nitrogens with zero attached hydrogens (tertiary/aromatic N) is 1. The van der Waals surface area contributed by atoms with E-state index in [2.05, 4.69) is 23.1 Å². The van der Waals surface area contributed by atoms with E-state index < -0.39 is 9.84 Å². The molecule has 1 heterocycles. The molecule has 0 saturated heterocycles. The molecule has 1 unspecified atom stereocenters. The Morgan fingerprint density at radius 1 is 1.35 bits per heavy atom. The van der Waals surface area contributed by atoms with Crippen LogP contribution < -0.4 is 10.6 Å². The number of rotatable bonds is 7. The molecule has 2 rings (SSSR count). The fraction of sp³-hybridized carbons (Fsp3) is 0.600. The van der Waals surface area contributed by atoms with E-state index in [0.29, 0.717) is 18.9 Å². The van der Waals surface area contributed by atoms with Gasteiger partial charge >= 0.3 is 0 Å². The molecule has 0 radical (unpaired) electrons. The quantitative estimate of drug-likeness (QED) is 0.833. The SMILES string of the molecule is CCS(=O)(=O)CCCN1CC(CCN)c2ccccc21. The molecule has 1 aliphatic heterocycles. The summed E-state index contributed by atoms with van der Waals surface area (Å²) in [6.45, 7) is 4.16. The zero-order chi connectivity index (χ0) is 14.6. The molecule has 0 amide bonds. The number of para-hydroxylation sites is 1. The van der Waals surface area contributed by atoms with Crippen LogP contribution in [0.4, 0.5) is 5.69 Å². The molecule has 0 fully saturated rings. The summed E-state index contributed by atoms with van der Waals surface area (Å²) in [6.07, 6.45) is 1.68. The lowest BCUT2D eigenvalue weighted by Crippen LogP contribution is -2.25. The van der Waals surface area contributed by atoms with Crippen LogP contribution in [0.1, 0.15) is 31.2 Å². The van der Waals surface area contributed by atoms with Gasteiger partial charge in [-0.15, -0.1) is 0 Å². The topological polar surface area (TPSA) is 63.4 Å². The van der Waals surface area contributed by atoms with Crippen molar-refractivity contribution in [3.05, 3.63) is 29.8 Å². The molecule has 5 heteroatoms. The van der Waals surface area contributed by atoms with Gasteiger partial charge < -0.3 is 10.6 Å². The Hall–Kier alpha value is -1.07. The van der Waals surface area contributed by atoms with Crippen LogP contribution in [0, 0.1) is 0 Å². The molecule has 1 atom stereocenters. The first-order chi connectivity index (χ1) is 9.57. The molecule has 20 heavy (non-hydrogen) atoms. The number of hydrogen-bond acceptors (Lipinski definition) is 4. The summed E-state index contributed by atoms with van der Waals surface area (Å²) in [7, 11) is -2.86. The molecule has 0 saturated carbocycles. The lowest BCUT2D eigenvalue weighted by molar-refractivity contribution is 0.592. The Balaban J connectivity index is 2.00. The molecule has 112 valence electrons. The molecule has 0 aliphatic carbocycles. The van der Waals surface area contributed by atoms with Crippen molar-refractivity contribution in [2.24, 2.45) is 5.73 Å². The first-order valence-corrected chi connectivity index (χ1v) is 9.14. The van der Waals surface area contributed by atoms with Gasteiger partial charge in [0.2, 0.25) is 0 Å². The normalized spacial score (nSPS) is 18.3. The van der Waals surface area contributed by atoms with Crippen molar-refractivity contribution in [1.82, 2.24) is 0 Å². The minimum atomic E-state index is -2.86. The summed E-state index contributed by atoms with van der Waals surface area (Å²) in [4.78, 5) is 2.31. The molecular formula is C15H24N2O2S. The first-order valence-electron chi connectivity index (χ1n) is 7.31. The van der Waals surface area contributed by atoms with Gasteiger partial charge in [0.1, 0.15) is 9.84 Å². The zero-order valence-electron chi connectivity index (χ0n) is 12.1. The molecule has 0 bridgehead atoms. The lowest BCUT2D eigenvalue weighted by Gasteiger charge is -2.19. The molecular weight excluding hydrogens is 272 g/mol. The number of sulfone groups is 1. The van der Waals surface area contributed by atoms with Gasteiger partial charge in [-0.05, 0) is 31.0 Å². The third kappa shape index (κ3) is 3.52. The average Bonchev–Trinajstić information content (AvgIpc) is 2.78. The van der Waals surface area contributed by atoms with Crippen LogP contribution in [-0.4, -0.2) is 39.6 Å². The highest BCUT2D eigenvalue weighted by atomic mass is 32.2. The van der Waals surface area contributed by atoms with Gasteiger partial charge in [-0.1, -0.05) is 25.1 Å². The van der Waals surface area contributed by atoms with Crippen LogP contribution in [0.25, 0.3) is 0 Å². The van der Waals surface area contributed by atoms with E-state index >= 15 is 0 Å². The fourth-order valence-electron chi connectivity index (χ4n) is 2.86. The maximum absolute atomic E-state index is 11.6. The van der Waals surface area contributed by atoms with E-state index in [1.54, 1.807) is 6.92 Å². The molecule has 2 N–H and O–H groups in total. The molecule has 0 spiro atoms. The number of anilines is 1. The van der Waals surface area contributed by atoms with E-state index in [1.165, 1.54) is 11.3 Å². The summed E-state index contributed by atoms with van der Waals surface area (Å²) in [5, 5.41) is 0. The van der Waals surface area contributed by atoms with Crippen molar-refractivity contribution in [2.45, 2.75) is 25.7 Å². The third-order valence-electron chi connectivity index (χ3n) is 4.00.